The van der Waals surface area contributed by atoms with Crippen LogP contribution in [0.3, 0.4) is 0 Å². The van der Waals surface area contributed by atoms with Crippen molar-refractivity contribution in [2.75, 3.05) is 0 Å². The summed E-state index contributed by atoms with van der Waals surface area (Å²) in [6.45, 7) is 1.98. The van der Waals surface area contributed by atoms with Crippen LogP contribution in [0, 0.1) is 0 Å². The first-order valence-corrected chi connectivity index (χ1v) is 12.2. The van der Waals surface area contributed by atoms with E-state index >= 15 is 0 Å². The number of benzene rings is 3. The molecule has 0 radical (unpaired) electrons. The molecule has 0 aliphatic rings. The third-order valence-corrected chi connectivity index (χ3v) is 14.4. The molecule has 114 valence electrons. The van der Waals surface area contributed by atoms with Gasteiger partial charge in [-0.05, 0) is 0 Å². The van der Waals surface area contributed by atoms with Crippen LogP contribution in [0.5, 0.6) is 0 Å². The predicted octanol–water partition coefficient (Wildman–Crippen LogP) is 2.68. The minimum atomic E-state index is -3.34. The van der Waals surface area contributed by atoms with Gasteiger partial charge in [0.1, 0.15) is 0 Å². The summed E-state index contributed by atoms with van der Waals surface area (Å²) in [5.41, 5.74) is 0. The van der Waals surface area contributed by atoms with Gasteiger partial charge in [-0.25, -0.2) is 0 Å². The van der Waals surface area contributed by atoms with Gasteiger partial charge in [-0.3, -0.25) is 0 Å². The molecule has 0 aromatic heterocycles. The molecule has 3 aromatic carbocycles. The van der Waals surface area contributed by atoms with Gasteiger partial charge in [0.15, 0.2) is 0 Å². The quantitative estimate of drug-likeness (QED) is 0.639. The van der Waals surface area contributed by atoms with E-state index in [4.69, 9.17) is 0 Å². The van der Waals surface area contributed by atoms with Crippen LogP contribution in [0.25, 0.3) is 0 Å². The Morgan fingerprint density at radius 3 is 1.22 bits per heavy atom. The maximum atomic E-state index is 13.3. The normalized spacial score (nSPS) is 11.2. The molecule has 0 spiro atoms. The molecule has 0 aliphatic heterocycles. The van der Waals surface area contributed by atoms with E-state index in [-0.39, 0.29) is 0 Å². The molecule has 0 unspecified atom stereocenters. The monoisotopic (exact) mass is 362 g/mol. The molecule has 0 fully saturated rings. The summed E-state index contributed by atoms with van der Waals surface area (Å²) < 4.78 is 4.01. The topological polar surface area (TPSA) is 17.1 Å². The molecule has 0 saturated heterocycles. The molecular weight excluding hydrogens is 341 g/mol. The van der Waals surface area contributed by atoms with E-state index in [1.807, 2.05) is 61.5 Å². The Bertz CT molecular complexity index is 670. The van der Waals surface area contributed by atoms with Crippen LogP contribution >= 0.6 is 0 Å². The zero-order valence-electron chi connectivity index (χ0n) is 13.3. The number of carbonyl (C=O) groups excluding carboxylic acids is 1. The van der Waals surface area contributed by atoms with Gasteiger partial charge in [0.2, 0.25) is 0 Å². The molecule has 0 aliphatic carbocycles. The Labute approximate surface area is 140 Å². The number of rotatable bonds is 5. The van der Waals surface area contributed by atoms with E-state index in [0.717, 1.165) is 0 Å². The number of hydrogen-bond donors (Lipinski definition) is 0. The number of carbonyl (C=O) groups is 1. The minimum absolute atomic E-state index is 0.397. The van der Waals surface area contributed by atoms with E-state index in [2.05, 4.69) is 36.4 Å². The van der Waals surface area contributed by atoms with E-state index in [9.17, 15) is 4.79 Å². The second-order valence-electron chi connectivity index (χ2n) is 5.62. The molecule has 0 saturated carbocycles. The molecule has 0 bridgehead atoms. The van der Waals surface area contributed by atoms with Gasteiger partial charge in [-0.2, -0.15) is 0 Å². The summed E-state index contributed by atoms with van der Waals surface area (Å²) in [5.74, 6) is 0. The second-order valence-corrected chi connectivity index (χ2v) is 13.6. The van der Waals surface area contributed by atoms with Crippen LogP contribution in [-0.2, 0) is 4.79 Å². The van der Waals surface area contributed by atoms with Gasteiger partial charge in [-0.1, -0.05) is 0 Å². The third kappa shape index (κ3) is 2.77. The first-order chi connectivity index (χ1) is 11.3. The van der Waals surface area contributed by atoms with E-state index < -0.39 is 13.3 Å². The van der Waals surface area contributed by atoms with Crippen molar-refractivity contribution < 1.29 is 4.79 Å². The molecule has 3 rings (SSSR count). The van der Waals surface area contributed by atoms with Crippen LogP contribution in [0.1, 0.15) is 13.3 Å². The first-order valence-electron chi connectivity index (χ1n) is 8.00. The predicted molar refractivity (Wildman–Crippen MR) is 99.3 cm³/mol. The van der Waals surface area contributed by atoms with E-state index in [1.54, 1.807) is 0 Å². The van der Waals surface area contributed by atoms with Gasteiger partial charge in [0, 0.05) is 0 Å². The molecule has 2 heteroatoms. The average molecular weight is 361 g/mol. The zero-order chi connectivity index (χ0) is 16.1. The Kier molecular flexibility index (Phi) is 4.77. The van der Waals surface area contributed by atoms with Crippen molar-refractivity contribution in [3.8, 4) is 0 Å². The fourth-order valence-electron chi connectivity index (χ4n) is 3.31. The van der Waals surface area contributed by atoms with E-state index in [1.165, 1.54) is 13.2 Å². The van der Waals surface area contributed by atoms with Crippen LogP contribution in [0.2, 0.25) is 0 Å². The summed E-state index contributed by atoms with van der Waals surface area (Å²) in [6, 6.07) is 31.1. The zero-order valence-corrected chi connectivity index (χ0v) is 15.4. The Morgan fingerprint density at radius 2 is 0.957 bits per heavy atom. The molecule has 0 N–H and O–H groups in total. The standard InChI is InChI=1S/C21H20GeO/c1-2-21(23)22(18-12-6-3-7-13-18,19-14-8-4-9-15-19)20-16-10-5-11-17-20/h3-17H,2H2,1H3. The molecule has 0 heterocycles. The Balaban J connectivity index is 2.38. The summed E-state index contributed by atoms with van der Waals surface area (Å²) in [5, 5.41) is 0. The maximum absolute atomic E-state index is 13.3. The van der Waals surface area contributed by atoms with Gasteiger partial charge in [0.25, 0.3) is 0 Å². The van der Waals surface area contributed by atoms with Gasteiger partial charge < -0.3 is 0 Å². The van der Waals surface area contributed by atoms with Gasteiger partial charge >= 0.3 is 140 Å². The Hall–Kier alpha value is -2.13. The first kappa shape index (κ1) is 15.8. The second kappa shape index (κ2) is 6.97. The SMILES string of the molecule is CC[C](=O)[Ge]([c]1ccccc1)([c]1ccccc1)[c]1ccccc1. The fourth-order valence-corrected chi connectivity index (χ4v) is 12.9. The van der Waals surface area contributed by atoms with Crippen molar-refractivity contribution in [3.05, 3.63) is 91.0 Å². The molecule has 0 atom stereocenters. The summed E-state index contributed by atoms with van der Waals surface area (Å²) in [4.78, 5) is 13.3. The summed E-state index contributed by atoms with van der Waals surface area (Å²) in [6.07, 6.45) is 0.568. The summed E-state index contributed by atoms with van der Waals surface area (Å²) in [7, 11) is 0. The van der Waals surface area contributed by atoms with Crippen molar-refractivity contribution in [3.63, 3.8) is 0 Å². The molecular formula is C21H20GeO. The third-order valence-electron chi connectivity index (χ3n) is 4.36. The number of hydrogen-bond acceptors (Lipinski definition) is 1. The van der Waals surface area contributed by atoms with Gasteiger partial charge in [-0.15, -0.1) is 0 Å². The molecule has 1 nitrogen and oxygen atoms in total. The summed E-state index contributed by atoms with van der Waals surface area (Å²) >= 11 is -3.34. The van der Waals surface area contributed by atoms with Crippen molar-refractivity contribution >= 4 is 31.1 Å². The van der Waals surface area contributed by atoms with Crippen molar-refractivity contribution in [1.82, 2.24) is 0 Å². The Morgan fingerprint density at radius 1 is 0.652 bits per heavy atom. The average Bonchev–Trinajstić information content (AvgIpc) is 2.65. The van der Waals surface area contributed by atoms with E-state index in [0.29, 0.717) is 11.0 Å². The van der Waals surface area contributed by atoms with Crippen LogP contribution < -0.4 is 13.2 Å². The molecule has 0 amide bonds. The van der Waals surface area contributed by atoms with Crippen molar-refractivity contribution in [1.29, 1.82) is 0 Å². The van der Waals surface area contributed by atoms with Crippen LogP contribution in [-0.4, -0.2) is 17.9 Å². The fraction of sp³-hybridized carbons (Fsp3) is 0.0952. The van der Waals surface area contributed by atoms with Gasteiger partial charge in [0.05, 0.1) is 0 Å². The molecule has 3 aromatic rings. The van der Waals surface area contributed by atoms with Crippen molar-refractivity contribution in [2.45, 2.75) is 13.3 Å². The van der Waals surface area contributed by atoms with Crippen LogP contribution in [0.15, 0.2) is 91.0 Å². The van der Waals surface area contributed by atoms with Crippen LogP contribution in [0.4, 0.5) is 0 Å². The molecule has 23 heavy (non-hydrogen) atoms. The van der Waals surface area contributed by atoms with Crippen molar-refractivity contribution in [2.24, 2.45) is 0 Å².